The Morgan fingerprint density at radius 2 is 1.72 bits per heavy atom. The molecule has 0 saturated carbocycles. The fourth-order valence-electron chi connectivity index (χ4n) is 5.02. The molecule has 2 atom stereocenters. The van der Waals surface area contributed by atoms with E-state index in [9.17, 15) is 18.0 Å². The standard InChI is InChI=1S/C23H33N3O4S2/c1-16-9-11-24(12-10-16)32(29,30)19-7-8-21-20(13-19)25(23(28)15-31-21)14-22(27)26-17(2)5-4-6-18(26)3/h7-8,13,16-18H,4-6,9-12,14-15H2,1-3H3/t17-,18-/m1/s1. The summed E-state index contributed by atoms with van der Waals surface area (Å²) in [5, 5.41) is 0. The molecule has 0 bridgehead atoms. The first-order valence-corrected chi connectivity index (χ1v) is 14.0. The molecule has 0 aromatic heterocycles. The van der Waals surface area contributed by atoms with Crippen LogP contribution in [0.15, 0.2) is 28.0 Å². The summed E-state index contributed by atoms with van der Waals surface area (Å²) < 4.78 is 28.1. The van der Waals surface area contributed by atoms with Gasteiger partial charge in [0.05, 0.1) is 16.3 Å². The highest BCUT2D eigenvalue weighted by Gasteiger charge is 2.35. The zero-order valence-electron chi connectivity index (χ0n) is 19.1. The Hall–Kier alpha value is -1.58. The fraction of sp³-hybridized carbons (Fsp3) is 0.652. The molecule has 0 radical (unpaired) electrons. The molecular formula is C23H33N3O4S2. The van der Waals surface area contributed by atoms with E-state index in [1.54, 1.807) is 22.5 Å². The molecule has 0 aliphatic carbocycles. The minimum atomic E-state index is -3.64. The van der Waals surface area contributed by atoms with Crippen molar-refractivity contribution in [3.8, 4) is 0 Å². The molecule has 2 fully saturated rings. The Balaban J connectivity index is 1.60. The van der Waals surface area contributed by atoms with E-state index >= 15 is 0 Å². The van der Waals surface area contributed by atoms with Crippen LogP contribution in [0, 0.1) is 5.92 Å². The number of fused-ring (bicyclic) bond motifs is 1. The highest BCUT2D eigenvalue weighted by Crippen LogP contribution is 2.38. The summed E-state index contributed by atoms with van der Waals surface area (Å²) in [6.07, 6.45) is 4.74. The van der Waals surface area contributed by atoms with Crippen LogP contribution < -0.4 is 4.90 Å². The third-order valence-electron chi connectivity index (χ3n) is 7.03. The van der Waals surface area contributed by atoms with Gasteiger partial charge in [-0.15, -0.1) is 11.8 Å². The Bertz CT molecular complexity index is 979. The summed E-state index contributed by atoms with van der Waals surface area (Å²) in [4.78, 5) is 30.4. The number of carbonyl (C=O) groups excluding carboxylic acids is 2. The van der Waals surface area contributed by atoms with Crippen LogP contribution in [0.1, 0.15) is 52.9 Å². The predicted molar refractivity (Wildman–Crippen MR) is 126 cm³/mol. The zero-order chi connectivity index (χ0) is 23.0. The number of carbonyl (C=O) groups is 2. The highest BCUT2D eigenvalue weighted by molar-refractivity contribution is 8.00. The zero-order valence-corrected chi connectivity index (χ0v) is 20.8. The number of thioether (sulfide) groups is 1. The summed E-state index contributed by atoms with van der Waals surface area (Å²) in [6.45, 7) is 7.23. The molecule has 0 unspecified atom stereocenters. The minimum absolute atomic E-state index is 0.0498. The summed E-state index contributed by atoms with van der Waals surface area (Å²) in [7, 11) is -3.64. The highest BCUT2D eigenvalue weighted by atomic mass is 32.2. The van der Waals surface area contributed by atoms with E-state index in [0.717, 1.165) is 37.0 Å². The third-order valence-corrected chi connectivity index (χ3v) is 9.97. The average Bonchev–Trinajstić information content (AvgIpc) is 2.75. The van der Waals surface area contributed by atoms with Gasteiger partial charge in [0.15, 0.2) is 0 Å². The molecule has 0 spiro atoms. The van der Waals surface area contributed by atoms with Crippen LogP contribution in [0.3, 0.4) is 0 Å². The van der Waals surface area contributed by atoms with Crippen molar-refractivity contribution in [2.75, 3.05) is 30.3 Å². The van der Waals surface area contributed by atoms with Gasteiger partial charge in [-0.1, -0.05) is 6.92 Å². The Morgan fingerprint density at radius 1 is 1.06 bits per heavy atom. The van der Waals surface area contributed by atoms with Crippen LogP contribution in [0.2, 0.25) is 0 Å². The second kappa shape index (κ2) is 9.35. The molecule has 2 saturated heterocycles. The smallest absolute Gasteiger partial charge is 0.243 e. The first kappa shape index (κ1) is 23.6. The van der Waals surface area contributed by atoms with Crippen molar-refractivity contribution in [3.05, 3.63) is 18.2 Å². The van der Waals surface area contributed by atoms with E-state index in [1.165, 1.54) is 16.7 Å². The average molecular weight is 480 g/mol. The van der Waals surface area contributed by atoms with Gasteiger partial charge in [-0.2, -0.15) is 4.31 Å². The molecule has 3 heterocycles. The number of amides is 2. The van der Waals surface area contributed by atoms with E-state index in [2.05, 4.69) is 20.8 Å². The molecule has 1 aromatic rings. The normalized spacial score (nSPS) is 25.7. The van der Waals surface area contributed by atoms with Gasteiger partial charge in [0.25, 0.3) is 0 Å². The maximum atomic E-state index is 13.3. The molecule has 176 valence electrons. The summed E-state index contributed by atoms with van der Waals surface area (Å²) >= 11 is 1.39. The molecule has 32 heavy (non-hydrogen) atoms. The van der Waals surface area contributed by atoms with Gasteiger partial charge in [0.1, 0.15) is 6.54 Å². The molecule has 3 aliphatic heterocycles. The number of hydrogen-bond donors (Lipinski definition) is 0. The van der Waals surface area contributed by atoms with Gasteiger partial charge >= 0.3 is 0 Å². The van der Waals surface area contributed by atoms with Crippen molar-refractivity contribution in [3.63, 3.8) is 0 Å². The van der Waals surface area contributed by atoms with Gasteiger partial charge < -0.3 is 9.80 Å². The van der Waals surface area contributed by atoms with Crippen LogP contribution in [0.4, 0.5) is 5.69 Å². The number of sulfonamides is 1. The number of hydrogen-bond acceptors (Lipinski definition) is 5. The Morgan fingerprint density at radius 3 is 2.38 bits per heavy atom. The second-order valence-corrected chi connectivity index (χ2v) is 12.4. The van der Waals surface area contributed by atoms with Crippen LogP contribution in [-0.4, -0.2) is 66.9 Å². The molecule has 3 aliphatic rings. The molecular weight excluding hydrogens is 446 g/mol. The van der Waals surface area contributed by atoms with Gasteiger partial charge in [-0.05, 0) is 70.1 Å². The maximum Gasteiger partial charge on any atom is 0.243 e. The van der Waals surface area contributed by atoms with E-state index in [1.807, 2.05) is 4.90 Å². The van der Waals surface area contributed by atoms with E-state index in [4.69, 9.17) is 0 Å². The third kappa shape index (κ3) is 4.56. The molecule has 2 amide bonds. The lowest BCUT2D eigenvalue weighted by Gasteiger charge is -2.40. The predicted octanol–water partition coefficient (Wildman–Crippen LogP) is 3.34. The second-order valence-electron chi connectivity index (χ2n) is 9.41. The summed E-state index contributed by atoms with van der Waals surface area (Å²) in [5.41, 5.74) is 0.531. The number of anilines is 1. The number of nitrogens with zero attached hydrogens (tertiary/aromatic N) is 3. The molecule has 7 nitrogen and oxygen atoms in total. The molecule has 9 heteroatoms. The van der Waals surface area contributed by atoms with Crippen molar-refractivity contribution in [1.29, 1.82) is 0 Å². The lowest BCUT2D eigenvalue weighted by molar-refractivity contribution is -0.136. The van der Waals surface area contributed by atoms with Crippen LogP contribution in [0.5, 0.6) is 0 Å². The summed E-state index contributed by atoms with van der Waals surface area (Å²) in [5.74, 6) is 0.547. The molecule has 0 N–H and O–H groups in total. The Kier molecular flexibility index (Phi) is 6.89. The topological polar surface area (TPSA) is 78.0 Å². The van der Waals surface area contributed by atoms with Crippen LogP contribution in [0.25, 0.3) is 0 Å². The van der Waals surface area contributed by atoms with Gasteiger partial charge in [0.2, 0.25) is 21.8 Å². The quantitative estimate of drug-likeness (QED) is 0.662. The van der Waals surface area contributed by atoms with E-state index in [-0.39, 0.29) is 41.1 Å². The van der Waals surface area contributed by atoms with Crippen molar-refractivity contribution in [2.24, 2.45) is 5.92 Å². The number of rotatable bonds is 4. The van der Waals surface area contributed by atoms with Crippen LogP contribution in [-0.2, 0) is 19.6 Å². The lowest BCUT2D eigenvalue weighted by atomic mass is 9.97. The van der Waals surface area contributed by atoms with E-state index in [0.29, 0.717) is 24.7 Å². The lowest BCUT2D eigenvalue weighted by Crippen LogP contribution is -2.52. The van der Waals surface area contributed by atoms with Crippen molar-refractivity contribution in [1.82, 2.24) is 9.21 Å². The van der Waals surface area contributed by atoms with Gasteiger partial charge in [-0.3, -0.25) is 9.59 Å². The Labute approximate surface area is 195 Å². The molecule has 4 rings (SSSR count). The maximum absolute atomic E-state index is 13.3. The van der Waals surface area contributed by atoms with Crippen molar-refractivity contribution in [2.45, 2.75) is 74.7 Å². The number of piperidine rings is 2. The first-order valence-electron chi connectivity index (χ1n) is 11.6. The van der Waals surface area contributed by atoms with Gasteiger partial charge in [-0.25, -0.2) is 8.42 Å². The fourth-order valence-corrected chi connectivity index (χ4v) is 7.43. The first-order chi connectivity index (χ1) is 15.2. The monoisotopic (exact) mass is 479 g/mol. The number of likely N-dealkylation sites (tertiary alicyclic amines) is 1. The van der Waals surface area contributed by atoms with Crippen molar-refractivity contribution < 1.29 is 18.0 Å². The summed E-state index contributed by atoms with van der Waals surface area (Å²) in [6, 6.07) is 5.28. The van der Waals surface area contributed by atoms with Gasteiger partial charge in [0, 0.05) is 30.1 Å². The number of benzene rings is 1. The minimum Gasteiger partial charge on any atom is -0.336 e. The van der Waals surface area contributed by atoms with E-state index < -0.39 is 10.0 Å². The van der Waals surface area contributed by atoms with Crippen LogP contribution >= 0.6 is 11.8 Å². The molecule has 1 aromatic carbocycles. The van der Waals surface area contributed by atoms with Crippen molar-refractivity contribution >= 4 is 39.3 Å². The SMILES string of the molecule is CC1CCN(S(=O)(=O)c2ccc3c(c2)N(CC(=O)N2[C@H](C)CCC[C@H]2C)C(=O)CS3)CC1. The largest absolute Gasteiger partial charge is 0.336 e.